The van der Waals surface area contributed by atoms with Crippen LogP contribution in [-0.4, -0.2) is 62.3 Å². The van der Waals surface area contributed by atoms with Crippen molar-refractivity contribution in [1.82, 2.24) is 29.8 Å². The summed E-state index contributed by atoms with van der Waals surface area (Å²) in [4.78, 5) is 24.0. The predicted molar refractivity (Wildman–Crippen MR) is 133 cm³/mol. The van der Waals surface area contributed by atoms with E-state index < -0.39 is 0 Å². The number of carbonyl (C=O) groups excluding carboxylic acids is 1. The first-order chi connectivity index (χ1) is 16.0. The van der Waals surface area contributed by atoms with Crippen molar-refractivity contribution in [3.05, 3.63) is 52.3 Å². The lowest BCUT2D eigenvalue weighted by molar-refractivity contribution is -0.118. The van der Waals surface area contributed by atoms with Crippen LogP contribution in [-0.2, 0) is 11.2 Å². The average molecular weight is 467 g/mol. The van der Waals surface area contributed by atoms with E-state index in [0.717, 1.165) is 37.4 Å². The summed E-state index contributed by atoms with van der Waals surface area (Å²) in [5.41, 5.74) is 5.68. The van der Waals surface area contributed by atoms with Crippen molar-refractivity contribution in [2.24, 2.45) is 0 Å². The maximum atomic E-state index is 12.3. The Balaban J connectivity index is 1.34. The van der Waals surface area contributed by atoms with E-state index in [1.165, 1.54) is 54.1 Å². The summed E-state index contributed by atoms with van der Waals surface area (Å²) in [6.45, 7) is 10.1. The number of likely N-dealkylation sites (tertiary alicyclic amines) is 1. The molecule has 0 spiro atoms. The van der Waals surface area contributed by atoms with Gasteiger partial charge in [-0.05, 0) is 57.8 Å². The molecule has 0 atom stereocenters. The van der Waals surface area contributed by atoms with Gasteiger partial charge in [-0.1, -0.05) is 54.4 Å². The van der Waals surface area contributed by atoms with Crippen molar-refractivity contribution in [3.63, 3.8) is 0 Å². The largest absolute Gasteiger partial charge is 0.354 e. The van der Waals surface area contributed by atoms with Crippen molar-refractivity contribution in [1.29, 1.82) is 0 Å². The minimum Gasteiger partial charge on any atom is -0.354 e. The summed E-state index contributed by atoms with van der Waals surface area (Å²) < 4.78 is 1.80. The molecule has 0 unspecified atom stereocenters. The third-order valence-electron chi connectivity index (χ3n) is 6.31. The number of carbonyl (C=O) groups is 1. The Morgan fingerprint density at radius 2 is 1.76 bits per heavy atom. The lowest BCUT2D eigenvalue weighted by Crippen LogP contribution is -2.36. The van der Waals surface area contributed by atoms with Gasteiger partial charge in [-0.15, -0.1) is 5.10 Å². The fourth-order valence-corrected chi connectivity index (χ4v) is 4.96. The van der Waals surface area contributed by atoms with Gasteiger partial charge < -0.3 is 10.2 Å². The fourth-order valence-electron chi connectivity index (χ4n) is 4.31. The second-order valence-electron chi connectivity index (χ2n) is 8.92. The van der Waals surface area contributed by atoms with E-state index in [2.05, 4.69) is 63.4 Å². The molecule has 2 aromatic heterocycles. The lowest BCUT2D eigenvalue weighted by Gasteiger charge is -2.19. The van der Waals surface area contributed by atoms with E-state index >= 15 is 0 Å². The van der Waals surface area contributed by atoms with Gasteiger partial charge in [-0.25, -0.2) is 9.50 Å². The molecule has 7 nitrogen and oxygen atoms in total. The molecule has 1 saturated heterocycles. The number of thioether (sulfide) groups is 1. The number of aryl methyl sites for hydroxylation is 3. The summed E-state index contributed by atoms with van der Waals surface area (Å²) in [6, 6.07) is 8.59. The van der Waals surface area contributed by atoms with Crippen LogP contribution >= 0.6 is 11.8 Å². The Bertz CT molecular complexity index is 1090. The standard InChI is InChI=1S/C25H34N6OS/c1-18-8-10-21(11-9-18)16-22-19(2)27-24-28-25(29-31(24)20(22)3)33-17-23(32)26-12-15-30-13-6-4-5-7-14-30/h8-11H,4-7,12-17H2,1-3H3,(H,26,32). The van der Waals surface area contributed by atoms with Crippen molar-refractivity contribution in [2.45, 2.75) is 58.0 Å². The quantitative estimate of drug-likeness (QED) is 0.510. The maximum Gasteiger partial charge on any atom is 0.253 e. The van der Waals surface area contributed by atoms with Crippen LogP contribution < -0.4 is 5.32 Å². The summed E-state index contributed by atoms with van der Waals surface area (Å²) >= 11 is 1.36. The van der Waals surface area contributed by atoms with Gasteiger partial charge in [0.25, 0.3) is 5.78 Å². The van der Waals surface area contributed by atoms with Crippen molar-refractivity contribution in [2.75, 3.05) is 31.9 Å². The Morgan fingerprint density at radius 1 is 1.03 bits per heavy atom. The molecule has 1 aromatic carbocycles. The molecule has 1 fully saturated rings. The molecule has 0 saturated carbocycles. The average Bonchev–Trinajstić information content (AvgIpc) is 3.02. The van der Waals surface area contributed by atoms with Crippen LogP contribution in [0.1, 0.15) is 53.8 Å². The first kappa shape index (κ1) is 23.7. The van der Waals surface area contributed by atoms with E-state index in [-0.39, 0.29) is 5.91 Å². The lowest BCUT2D eigenvalue weighted by atomic mass is 10.0. The highest BCUT2D eigenvalue weighted by Gasteiger charge is 2.15. The molecule has 0 bridgehead atoms. The van der Waals surface area contributed by atoms with Crippen LogP contribution in [0.3, 0.4) is 0 Å². The summed E-state index contributed by atoms with van der Waals surface area (Å²) in [5.74, 6) is 0.918. The highest BCUT2D eigenvalue weighted by molar-refractivity contribution is 7.99. The zero-order valence-corrected chi connectivity index (χ0v) is 20.7. The topological polar surface area (TPSA) is 75.4 Å². The van der Waals surface area contributed by atoms with E-state index in [9.17, 15) is 4.79 Å². The number of hydrogen-bond donors (Lipinski definition) is 1. The van der Waals surface area contributed by atoms with Crippen LogP contribution in [0.25, 0.3) is 5.78 Å². The van der Waals surface area contributed by atoms with Gasteiger partial charge in [0.15, 0.2) is 0 Å². The molecule has 0 aliphatic carbocycles. The monoisotopic (exact) mass is 466 g/mol. The number of nitrogens with one attached hydrogen (secondary N) is 1. The van der Waals surface area contributed by atoms with Gasteiger partial charge >= 0.3 is 0 Å². The van der Waals surface area contributed by atoms with E-state index in [4.69, 9.17) is 0 Å². The van der Waals surface area contributed by atoms with Crippen molar-refractivity contribution < 1.29 is 4.79 Å². The number of hydrogen-bond acceptors (Lipinski definition) is 6. The Kier molecular flexibility index (Phi) is 7.98. The van der Waals surface area contributed by atoms with E-state index in [1.54, 1.807) is 4.52 Å². The SMILES string of the molecule is Cc1ccc(Cc2c(C)nc3nc(SCC(=O)NCCN4CCCCCC4)nn3c2C)cc1. The Hall–Kier alpha value is -2.45. The normalized spacial score (nSPS) is 15.0. The number of nitrogens with zero attached hydrogens (tertiary/aromatic N) is 5. The third kappa shape index (κ3) is 6.32. The number of fused-ring (bicyclic) bond motifs is 1. The molecule has 1 aliphatic rings. The molecular formula is C25H34N6OS. The van der Waals surface area contributed by atoms with Crippen LogP contribution in [0, 0.1) is 20.8 Å². The number of rotatable bonds is 8. The van der Waals surface area contributed by atoms with Crippen molar-refractivity contribution in [3.8, 4) is 0 Å². The zero-order chi connectivity index (χ0) is 23.2. The molecule has 33 heavy (non-hydrogen) atoms. The molecule has 1 amide bonds. The number of amides is 1. The molecule has 8 heteroatoms. The molecule has 1 aliphatic heterocycles. The summed E-state index contributed by atoms with van der Waals surface area (Å²) in [6.07, 6.45) is 5.99. The second kappa shape index (κ2) is 11.1. The smallest absolute Gasteiger partial charge is 0.253 e. The van der Waals surface area contributed by atoms with Crippen LogP contribution in [0.15, 0.2) is 29.4 Å². The highest BCUT2D eigenvalue weighted by atomic mass is 32.2. The molecule has 4 rings (SSSR count). The van der Waals surface area contributed by atoms with Crippen LogP contribution in [0.2, 0.25) is 0 Å². The molecule has 176 valence electrons. The van der Waals surface area contributed by atoms with E-state index in [1.807, 2.05) is 6.92 Å². The minimum atomic E-state index is 0.0228. The van der Waals surface area contributed by atoms with Crippen LogP contribution in [0.5, 0.6) is 0 Å². The first-order valence-corrected chi connectivity index (χ1v) is 12.9. The van der Waals surface area contributed by atoms with Crippen LogP contribution in [0.4, 0.5) is 0 Å². The molecule has 3 heterocycles. The molecule has 0 radical (unpaired) electrons. The van der Waals surface area contributed by atoms with Gasteiger partial charge in [0.1, 0.15) is 0 Å². The number of aromatic nitrogens is 4. The summed E-state index contributed by atoms with van der Waals surface area (Å²) in [7, 11) is 0. The maximum absolute atomic E-state index is 12.3. The molecular weight excluding hydrogens is 432 g/mol. The fraction of sp³-hybridized carbons (Fsp3) is 0.520. The Morgan fingerprint density at radius 3 is 2.48 bits per heavy atom. The van der Waals surface area contributed by atoms with Gasteiger partial charge in [-0.3, -0.25) is 4.79 Å². The molecule has 3 aromatic rings. The second-order valence-corrected chi connectivity index (χ2v) is 9.87. The minimum absolute atomic E-state index is 0.0228. The van der Waals surface area contributed by atoms with Gasteiger partial charge in [-0.2, -0.15) is 4.98 Å². The predicted octanol–water partition coefficient (Wildman–Crippen LogP) is 3.72. The van der Waals surface area contributed by atoms with Gasteiger partial charge in [0, 0.05) is 30.9 Å². The summed E-state index contributed by atoms with van der Waals surface area (Å²) in [5, 5.41) is 8.24. The van der Waals surface area contributed by atoms with Gasteiger partial charge in [0.2, 0.25) is 11.1 Å². The number of benzene rings is 1. The zero-order valence-electron chi connectivity index (χ0n) is 19.9. The highest BCUT2D eigenvalue weighted by Crippen LogP contribution is 2.21. The first-order valence-electron chi connectivity index (χ1n) is 11.9. The van der Waals surface area contributed by atoms with Crippen molar-refractivity contribution >= 4 is 23.4 Å². The van der Waals surface area contributed by atoms with Gasteiger partial charge in [0.05, 0.1) is 5.75 Å². The molecule has 1 N–H and O–H groups in total. The Labute approximate surface area is 200 Å². The van der Waals surface area contributed by atoms with E-state index in [0.29, 0.717) is 23.2 Å². The third-order valence-corrected chi connectivity index (χ3v) is 7.15.